The van der Waals surface area contributed by atoms with Gasteiger partial charge in [0.25, 0.3) is 0 Å². The van der Waals surface area contributed by atoms with Crippen LogP contribution in [0.2, 0.25) is 0 Å². The standard InChI is InChI=1S/C13H21N3O/c1-3-4-7-15-12(14-2)16-8-5-13(10-16)6-9-17-11-13/h1H,4-11H2,2H3,(H,14,15). The van der Waals surface area contributed by atoms with Crippen molar-refractivity contribution in [2.45, 2.75) is 19.3 Å². The SMILES string of the molecule is C#CCCNC(=NC)N1CCC2(CCOC2)C1. The van der Waals surface area contributed by atoms with Crippen LogP contribution in [-0.4, -0.2) is 50.8 Å². The summed E-state index contributed by atoms with van der Waals surface area (Å²) >= 11 is 0. The van der Waals surface area contributed by atoms with Crippen molar-refractivity contribution in [2.75, 3.05) is 39.9 Å². The first kappa shape index (κ1) is 12.3. The fraction of sp³-hybridized carbons (Fsp3) is 0.769. The Morgan fingerprint density at radius 1 is 1.59 bits per heavy atom. The predicted molar refractivity (Wildman–Crippen MR) is 68.9 cm³/mol. The monoisotopic (exact) mass is 235 g/mol. The Morgan fingerprint density at radius 3 is 3.12 bits per heavy atom. The van der Waals surface area contributed by atoms with Gasteiger partial charge in [-0.25, -0.2) is 0 Å². The van der Waals surface area contributed by atoms with Crippen LogP contribution in [0, 0.1) is 17.8 Å². The van der Waals surface area contributed by atoms with Gasteiger partial charge in [0.15, 0.2) is 5.96 Å². The van der Waals surface area contributed by atoms with Crippen LogP contribution in [0.5, 0.6) is 0 Å². The van der Waals surface area contributed by atoms with E-state index in [0.717, 1.165) is 45.2 Å². The van der Waals surface area contributed by atoms with Gasteiger partial charge in [0.05, 0.1) is 6.61 Å². The van der Waals surface area contributed by atoms with E-state index in [1.165, 1.54) is 12.8 Å². The fourth-order valence-corrected chi connectivity index (χ4v) is 2.67. The van der Waals surface area contributed by atoms with Gasteiger partial charge in [-0.1, -0.05) is 0 Å². The molecule has 4 heteroatoms. The van der Waals surface area contributed by atoms with Gasteiger partial charge in [0.1, 0.15) is 0 Å². The van der Waals surface area contributed by atoms with Gasteiger partial charge in [-0.3, -0.25) is 4.99 Å². The zero-order valence-electron chi connectivity index (χ0n) is 10.5. The number of rotatable bonds is 2. The Hall–Kier alpha value is -1.21. The van der Waals surface area contributed by atoms with Crippen LogP contribution in [0.1, 0.15) is 19.3 Å². The van der Waals surface area contributed by atoms with E-state index >= 15 is 0 Å². The second-order valence-corrected chi connectivity index (χ2v) is 4.90. The maximum Gasteiger partial charge on any atom is 0.193 e. The molecule has 0 aliphatic carbocycles. The summed E-state index contributed by atoms with van der Waals surface area (Å²) in [6.07, 6.45) is 8.38. The van der Waals surface area contributed by atoms with Gasteiger partial charge >= 0.3 is 0 Å². The van der Waals surface area contributed by atoms with Crippen LogP contribution >= 0.6 is 0 Å². The molecule has 94 valence electrons. The van der Waals surface area contributed by atoms with Crippen LogP contribution in [0.3, 0.4) is 0 Å². The molecule has 2 fully saturated rings. The Balaban J connectivity index is 1.87. The quantitative estimate of drug-likeness (QED) is 0.331. The van der Waals surface area contributed by atoms with Crippen LogP contribution < -0.4 is 5.32 Å². The molecule has 0 amide bonds. The molecule has 2 heterocycles. The number of nitrogens with one attached hydrogen (secondary N) is 1. The maximum atomic E-state index is 5.53. The van der Waals surface area contributed by atoms with E-state index in [1.54, 1.807) is 0 Å². The Kier molecular flexibility index (Phi) is 3.90. The number of nitrogens with zero attached hydrogens (tertiary/aromatic N) is 2. The molecule has 2 aliphatic heterocycles. The normalized spacial score (nSPS) is 28.7. The molecule has 0 aromatic rings. The highest BCUT2D eigenvalue weighted by molar-refractivity contribution is 5.80. The summed E-state index contributed by atoms with van der Waals surface area (Å²) in [5.41, 5.74) is 0.379. The van der Waals surface area contributed by atoms with Crippen molar-refractivity contribution in [2.24, 2.45) is 10.4 Å². The largest absolute Gasteiger partial charge is 0.381 e. The second-order valence-electron chi connectivity index (χ2n) is 4.90. The summed E-state index contributed by atoms with van der Waals surface area (Å²) < 4.78 is 5.53. The fourth-order valence-electron chi connectivity index (χ4n) is 2.67. The van der Waals surface area contributed by atoms with Gasteiger partial charge in [0.2, 0.25) is 0 Å². The van der Waals surface area contributed by atoms with Crippen molar-refractivity contribution in [3.8, 4) is 12.3 Å². The van der Waals surface area contributed by atoms with Gasteiger partial charge in [-0.2, -0.15) is 0 Å². The van der Waals surface area contributed by atoms with Crippen molar-refractivity contribution in [3.63, 3.8) is 0 Å². The average Bonchev–Trinajstić information content (AvgIpc) is 2.96. The number of aliphatic imine (C=N–C) groups is 1. The van der Waals surface area contributed by atoms with Crippen molar-refractivity contribution in [1.82, 2.24) is 10.2 Å². The van der Waals surface area contributed by atoms with E-state index in [1.807, 2.05) is 7.05 Å². The van der Waals surface area contributed by atoms with E-state index in [4.69, 9.17) is 11.2 Å². The summed E-state index contributed by atoms with van der Waals surface area (Å²) in [7, 11) is 1.83. The van der Waals surface area contributed by atoms with Crippen molar-refractivity contribution < 1.29 is 4.74 Å². The molecule has 0 bridgehead atoms. The summed E-state index contributed by atoms with van der Waals surface area (Å²) in [4.78, 5) is 6.64. The average molecular weight is 235 g/mol. The van der Waals surface area contributed by atoms with Gasteiger partial charge in [0, 0.05) is 45.1 Å². The minimum atomic E-state index is 0.379. The lowest BCUT2D eigenvalue weighted by Gasteiger charge is -2.24. The number of hydrogen-bond acceptors (Lipinski definition) is 2. The molecule has 17 heavy (non-hydrogen) atoms. The highest BCUT2D eigenvalue weighted by Gasteiger charge is 2.42. The molecule has 0 aromatic carbocycles. The smallest absolute Gasteiger partial charge is 0.193 e. The van der Waals surface area contributed by atoms with E-state index in [9.17, 15) is 0 Å². The third kappa shape index (κ3) is 2.73. The molecule has 1 atom stereocenters. The molecular formula is C13H21N3O. The molecule has 1 N–H and O–H groups in total. The molecule has 0 saturated carbocycles. The molecule has 4 nitrogen and oxygen atoms in total. The summed E-state index contributed by atoms with van der Waals surface area (Å²) in [6, 6.07) is 0. The van der Waals surface area contributed by atoms with E-state index in [-0.39, 0.29) is 0 Å². The number of guanidine groups is 1. The van der Waals surface area contributed by atoms with E-state index in [2.05, 4.69) is 21.1 Å². The minimum absolute atomic E-state index is 0.379. The summed E-state index contributed by atoms with van der Waals surface area (Å²) in [5.74, 6) is 3.61. The number of ether oxygens (including phenoxy) is 1. The third-order valence-electron chi connectivity index (χ3n) is 3.69. The Bertz CT molecular complexity index is 326. The highest BCUT2D eigenvalue weighted by Crippen LogP contribution is 2.37. The number of hydrogen-bond donors (Lipinski definition) is 1. The van der Waals surface area contributed by atoms with Gasteiger partial charge < -0.3 is 15.0 Å². The zero-order valence-corrected chi connectivity index (χ0v) is 10.5. The molecule has 2 aliphatic rings. The van der Waals surface area contributed by atoms with E-state index in [0.29, 0.717) is 5.41 Å². The molecule has 0 radical (unpaired) electrons. The van der Waals surface area contributed by atoms with Crippen molar-refractivity contribution in [3.05, 3.63) is 0 Å². The molecule has 0 aromatic heterocycles. The van der Waals surface area contributed by atoms with Crippen LogP contribution in [0.15, 0.2) is 4.99 Å². The summed E-state index contributed by atoms with van der Waals surface area (Å²) in [6.45, 7) is 4.74. The second kappa shape index (κ2) is 5.42. The van der Waals surface area contributed by atoms with Crippen molar-refractivity contribution in [1.29, 1.82) is 0 Å². The van der Waals surface area contributed by atoms with Crippen LogP contribution in [-0.2, 0) is 4.74 Å². The summed E-state index contributed by atoms with van der Waals surface area (Å²) in [5, 5.41) is 3.31. The predicted octanol–water partition coefficient (Wildman–Crippen LogP) is 0.697. The number of terminal acetylenes is 1. The number of likely N-dealkylation sites (tertiary alicyclic amines) is 1. The van der Waals surface area contributed by atoms with Gasteiger partial charge in [-0.15, -0.1) is 12.3 Å². The zero-order chi connectivity index (χ0) is 12.1. The maximum absolute atomic E-state index is 5.53. The topological polar surface area (TPSA) is 36.9 Å². The minimum Gasteiger partial charge on any atom is -0.381 e. The third-order valence-corrected chi connectivity index (χ3v) is 3.69. The highest BCUT2D eigenvalue weighted by atomic mass is 16.5. The lowest BCUT2D eigenvalue weighted by molar-refractivity contribution is 0.156. The Labute approximate surface area is 103 Å². The lowest BCUT2D eigenvalue weighted by atomic mass is 9.87. The van der Waals surface area contributed by atoms with Gasteiger partial charge in [-0.05, 0) is 12.8 Å². The molecule has 1 spiro atoms. The first-order valence-electron chi connectivity index (χ1n) is 6.26. The van der Waals surface area contributed by atoms with Crippen LogP contribution in [0.25, 0.3) is 0 Å². The lowest BCUT2D eigenvalue weighted by Crippen LogP contribution is -2.41. The molecule has 1 unspecified atom stereocenters. The molecular weight excluding hydrogens is 214 g/mol. The molecule has 2 rings (SSSR count). The Morgan fingerprint density at radius 2 is 2.47 bits per heavy atom. The van der Waals surface area contributed by atoms with Crippen LogP contribution in [0.4, 0.5) is 0 Å². The first-order chi connectivity index (χ1) is 8.29. The molecule has 2 saturated heterocycles. The van der Waals surface area contributed by atoms with Crippen molar-refractivity contribution >= 4 is 5.96 Å². The first-order valence-corrected chi connectivity index (χ1v) is 6.26. The van der Waals surface area contributed by atoms with E-state index < -0.39 is 0 Å².